The molecule has 4 heteroatoms. The molecule has 1 atom stereocenters. The first kappa shape index (κ1) is 11.7. The molecule has 0 saturated carbocycles. The van der Waals surface area contributed by atoms with E-state index in [2.05, 4.69) is 4.98 Å². The van der Waals surface area contributed by atoms with Gasteiger partial charge in [-0.2, -0.15) is 0 Å². The van der Waals surface area contributed by atoms with Crippen LogP contribution in [0.3, 0.4) is 0 Å². The lowest BCUT2D eigenvalue weighted by Crippen LogP contribution is -2.18. The van der Waals surface area contributed by atoms with Gasteiger partial charge in [0.2, 0.25) is 0 Å². The summed E-state index contributed by atoms with van der Waals surface area (Å²) in [6, 6.07) is 3.61. The Bertz CT molecular complexity index is 320. The summed E-state index contributed by atoms with van der Waals surface area (Å²) in [5.41, 5.74) is 7.01. The van der Waals surface area contributed by atoms with Crippen molar-refractivity contribution < 1.29 is 9.53 Å². The standard InChI is InChI=1S/C11H16N2O2/c1-3-15-11(14)10-5-4-9(7-13-10)6-8(2)12/h4-5,7-8H,3,6,12H2,1-2H3. The average molecular weight is 208 g/mol. The molecule has 4 nitrogen and oxygen atoms in total. The third-order valence-electron chi connectivity index (χ3n) is 1.87. The van der Waals surface area contributed by atoms with Crippen LogP contribution in [-0.2, 0) is 11.2 Å². The van der Waals surface area contributed by atoms with Gasteiger partial charge in [-0.25, -0.2) is 9.78 Å². The van der Waals surface area contributed by atoms with Crippen LogP contribution in [0.25, 0.3) is 0 Å². The minimum absolute atomic E-state index is 0.0974. The topological polar surface area (TPSA) is 65.2 Å². The van der Waals surface area contributed by atoms with Crippen LogP contribution in [0.5, 0.6) is 0 Å². The minimum atomic E-state index is -0.384. The molecule has 0 aromatic carbocycles. The Morgan fingerprint density at radius 2 is 2.33 bits per heavy atom. The Balaban J connectivity index is 2.67. The molecule has 15 heavy (non-hydrogen) atoms. The van der Waals surface area contributed by atoms with Crippen molar-refractivity contribution in [1.82, 2.24) is 4.98 Å². The summed E-state index contributed by atoms with van der Waals surface area (Å²) < 4.78 is 4.82. The van der Waals surface area contributed by atoms with Gasteiger partial charge in [-0.05, 0) is 31.9 Å². The molecule has 0 aliphatic carbocycles. The predicted molar refractivity (Wildman–Crippen MR) is 57.5 cm³/mol. The summed E-state index contributed by atoms with van der Waals surface area (Å²) in [5, 5.41) is 0. The molecule has 2 N–H and O–H groups in total. The molecule has 82 valence electrons. The maximum atomic E-state index is 11.3. The number of carbonyl (C=O) groups is 1. The van der Waals surface area contributed by atoms with E-state index in [1.807, 2.05) is 13.0 Å². The lowest BCUT2D eigenvalue weighted by Gasteiger charge is -2.05. The van der Waals surface area contributed by atoms with Gasteiger partial charge in [0.25, 0.3) is 0 Å². The molecule has 0 amide bonds. The van der Waals surface area contributed by atoms with Crippen LogP contribution >= 0.6 is 0 Å². The molecule has 1 aromatic rings. The third kappa shape index (κ3) is 3.67. The Kier molecular flexibility index (Phi) is 4.24. The Morgan fingerprint density at radius 3 is 2.80 bits per heavy atom. The number of pyridine rings is 1. The highest BCUT2D eigenvalue weighted by Gasteiger charge is 2.07. The van der Waals surface area contributed by atoms with Crippen LogP contribution < -0.4 is 5.73 Å². The SMILES string of the molecule is CCOC(=O)c1ccc(CC(C)N)cn1. The zero-order valence-electron chi connectivity index (χ0n) is 9.06. The molecule has 0 saturated heterocycles. The van der Waals surface area contributed by atoms with Crippen molar-refractivity contribution in [3.05, 3.63) is 29.6 Å². The van der Waals surface area contributed by atoms with E-state index in [1.165, 1.54) is 0 Å². The van der Waals surface area contributed by atoms with Crippen molar-refractivity contribution in [2.45, 2.75) is 26.3 Å². The van der Waals surface area contributed by atoms with Crippen molar-refractivity contribution in [1.29, 1.82) is 0 Å². The highest BCUT2D eigenvalue weighted by atomic mass is 16.5. The third-order valence-corrected chi connectivity index (χ3v) is 1.87. The highest BCUT2D eigenvalue weighted by molar-refractivity contribution is 5.87. The summed E-state index contributed by atoms with van der Waals surface area (Å²) in [4.78, 5) is 15.3. The fourth-order valence-corrected chi connectivity index (χ4v) is 1.24. The van der Waals surface area contributed by atoms with Crippen molar-refractivity contribution in [2.24, 2.45) is 5.73 Å². The van der Waals surface area contributed by atoms with E-state index < -0.39 is 0 Å². The van der Waals surface area contributed by atoms with Crippen LogP contribution in [-0.4, -0.2) is 23.6 Å². The molecular weight excluding hydrogens is 192 g/mol. The van der Waals surface area contributed by atoms with Gasteiger partial charge < -0.3 is 10.5 Å². The Morgan fingerprint density at radius 1 is 1.60 bits per heavy atom. The average Bonchev–Trinajstić information content (AvgIpc) is 2.18. The van der Waals surface area contributed by atoms with Crippen LogP contribution in [0.2, 0.25) is 0 Å². The van der Waals surface area contributed by atoms with E-state index in [9.17, 15) is 4.79 Å². The summed E-state index contributed by atoms with van der Waals surface area (Å²) in [7, 11) is 0. The summed E-state index contributed by atoms with van der Waals surface area (Å²) >= 11 is 0. The number of carbonyl (C=O) groups excluding carboxylic acids is 1. The van der Waals surface area contributed by atoms with Gasteiger partial charge in [0.1, 0.15) is 5.69 Å². The fraction of sp³-hybridized carbons (Fsp3) is 0.455. The van der Waals surface area contributed by atoms with Gasteiger partial charge in [-0.1, -0.05) is 6.07 Å². The van der Waals surface area contributed by atoms with Gasteiger partial charge in [0, 0.05) is 12.2 Å². The predicted octanol–water partition coefficient (Wildman–Crippen LogP) is 1.15. The molecule has 0 radical (unpaired) electrons. The van der Waals surface area contributed by atoms with E-state index in [4.69, 9.17) is 10.5 Å². The normalized spacial score (nSPS) is 12.2. The number of esters is 1. The van der Waals surface area contributed by atoms with Gasteiger partial charge in [-0.3, -0.25) is 0 Å². The number of aromatic nitrogens is 1. The second-order valence-corrected chi connectivity index (χ2v) is 3.45. The molecule has 0 spiro atoms. The van der Waals surface area contributed by atoms with Crippen molar-refractivity contribution >= 4 is 5.97 Å². The van der Waals surface area contributed by atoms with E-state index in [0.29, 0.717) is 12.3 Å². The molecule has 0 aliphatic heterocycles. The van der Waals surface area contributed by atoms with E-state index in [-0.39, 0.29) is 12.0 Å². The quantitative estimate of drug-likeness (QED) is 0.754. The molecule has 0 bridgehead atoms. The van der Waals surface area contributed by atoms with E-state index in [0.717, 1.165) is 12.0 Å². The number of hydrogen-bond donors (Lipinski definition) is 1. The summed E-state index contributed by atoms with van der Waals surface area (Å²) in [5.74, 6) is -0.384. The number of nitrogens with zero attached hydrogens (tertiary/aromatic N) is 1. The smallest absolute Gasteiger partial charge is 0.356 e. The number of hydrogen-bond acceptors (Lipinski definition) is 4. The fourth-order valence-electron chi connectivity index (χ4n) is 1.24. The van der Waals surface area contributed by atoms with E-state index in [1.54, 1.807) is 19.2 Å². The molecular formula is C11H16N2O2. The first-order valence-corrected chi connectivity index (χ1v) is 5.01. The molecule has 1 rings (SSSR count). The second-order valence-electron chi connectivity index (χ2n) is 3.45. The first-order valence-electron chi connectivity index (χ1n) is 5.01. The van der Waals surface area contributed by atoms with Crippen LogP contribution in [0, 0.1) is 0 Å². The number of ether oxygens (including phenoxy) is 1. The van der Waals surface area contributed by atoms with Crippen molar-refractivity contribution in [3.8, 4) is 0 Å². The zero-order chi connectivity index (χ0) is 11.3. The first-order chi connectivity index (χ1) is 7.13. The lowest BCUT2D eigenvalue weighted by atomic mass is 10.1. The molecule has 0 aliphatic rings. The van der Waals surface area contributed by atoms with Crippen molar-refractivity contribution in [3.63, 3.8) is 0 Å². The lowest BCUT2D eigenvalue weighted by molar-refractivity contribution is 0.0519. The largest absolute Gasteiger partial charge is 0.461 e. The van der Waals surface area contributed by atoms with E-state index >= 15 is 0 Å². The maximum Gasteiger partial charge on any atom is 0.356 e. The highest BCUT2D eigenvalue weighted by Crippen LogP contribution is 2.04. The van der Waals surface area contributed by atoms with Crippen LogP contribution in [0.15, 0.2) is 18.3 Å². The zero-order valence-corrected chi connectivity index (χ0v) is 9.06. The summed E-state index contributed by atoms with van der Waals surface area (Å²) in [6.45, 7) is 4.06. The van der Waals surface area contributed by atoms with Crippen LogP contribution in [0.1, 0.15) is 29.9 Å². The molecule has 1 heterocycles. The molecule has 1 aromatic heterocycles. The second kappa shape index (κ2) is 5.46. The monoisotopic (exact) mass is 208 g/mol. The Hall–Kier alpha value is -1.42. The number of rotatable bonds is 4. The van der Waals surface area contributed by atoms with Crippen LogP contribution in [0.4, 0.5) is 0 Å². The van der Waals surface area contributed by atoms with Gasteiger partial charge in [0.15, 0.2) is 0 Å². The molecule has 1 unspecified atom stereocenters. The van der Waals surface area contributed by atoms with Gasteiger partial charge in [0.05, 0.1) is 6.61 Å². The minimum Gasteiger partial charge on any atom is -0.461 e. The van der Waals surface area contributed by atoms with Gasteiger partial charge >= 0.3 is 5.97 Å². The summed E-state index contributed by atoms with van der Waals surface area (Å²) in [6.07, 6.45) is 2.42. The van der Waals surface area contributed by atoms with Crippen molar-refractivity contribution in [2.75, 3.05) is 6.61 Å². The number of nitrogens with two attached hydrogens (primary N) is 1. The Labute approximate surface area is 89.5 Å². The van der Waals surface area contributed by atoms with Gasteiger partial charge in [-0.15, -0.1) is 0 Å². The maximum absolute atomic E-state index is 11.3. The molecule has 0 fully saturated rings.